The number of amides is 1. The Hall–Kier alpha value is -2.75. The molecule has 2 aromatic rings. The predicted octanol–water partition coefficient (Wildman–Crippen LogP) is 3.59. The van der Waals surface area contributed by atoms with Crippen LogP contribution in [0.3, 0.4) is 0 Å². The third kappa shape index (κ3) is 4.36. The van der Waals surface area contributed by atoms with Gasteiger partial charge in [-0.3, -0.25) is 4.79 Å². The summed E-state index contributed by atoms with van der Waals surface area (Å²) in [7, 11) is 3.17. The average molecular weight is 311 g/mol. The molecule has 1 amide bonds. The Morgan fingerprint density at radius 1 is 1.00 bits per heavy atom. The van der Waals surface area contributed by atoms with Crippen LogP contribution >= 0.6 is 0 Å². The Morgan fingerprint density at radius 3 is 2.17 bits per heavy atom. The van der Waals surface area contributed by atoms with Crippen molar-refractivity contribution in [3.05, 3.63) is 65.7 Å². The zero-order valence-electron chi connectivity index (χ0n) is 13.6. The van der Waals surface area contributed by atoms with Crippen molar-refractivity contribution in [1.82, 2.24) is 5.32 Å². The highest BCUT2D eigenvalue weighted by molar-refractivity contribution is 5.92. The van der Waals surface area contributed by atoms with Gasteiger partial charge >= 0.3 is 0 Å². The molecule has 0 fully saturated rings. The van der Waals surface area contributed by atoms with Crippen LogP contribution in [0.2, 0.25) is 0 Å². The van der Waals surface area contributed by atoms with Crippen molar-refractivity contribution in [1.29, 1.82) is 0 Å². The molecule has 0 heterocycles. The molecule has 0 radical (unpaired) electrons. The van der Waals surface area contributed by atoms with Gasteiger partial charge in [0.15, 0.2) is 0 Å². The van der Waals surface area contributed by atoms with Crippen molar-refractivity contribution in [2.24, 2.45) is 0 Å². The summed E-state index contributed by atoms with van der Waals surface area (Å²) in [5, 5.41) is 2.93. The van der Waals surface area contributed by atoms with Crippen LogP contribution < -0.4 is 14.8 Å². The molecule has 0 saturated heterocycles. The predicted molar refractivity (Wildman–Crippen MR) is 91.6 cm³/mol. The monoisotopic (exact) mass is 311 g/mol. The number of rotatable bonds is 6. The summed E-state index contributed by atoms with van der Waals surface area (Å²) in [5.74, 6) is 1.14. The van der Waals surface area contributed by atoms with Crippen LogP contribution in [0.15, 0.2) is 54.6 Å². The van der Waals surface area contributed by atoms with Crippen molar-refractivity contribution in [2.75, 3.05) is 14.2 Å². The third-order valence-corrected chi connectivity index (χ3v) is 3.53. The van der Waals surface area contributed by atoms with Gasteiger partial charge in [0, 0.05) is 6.08 Å². The second kappa shape index (κ2) is 8.03. The van der Waals surface area contributed by atoms with E-state index in [0.29, 0.717) is 11.5 Å². The fourth-order valence-electron chi connectivity index (χ4n) is 2.29. The van der Waals surface area contributed by atoms with E-state index in [-0.39, 0.29) is 11.9 Å². The summed E-state index contributed by atoms with van der Waals surface area (Å²) in [6.45, 7) is 1.95. The summed E-state index contributed by atoms with van der Waals surface area (Å²) >= 11 is 0. The molecule has 1 N–H and O–H groups in total. The first-order chi connectivity index (χ1) is 11.2. The lowest BCUT2D eigenvalue weighted by Gasteiger charge is -2.13. The zero-order valence-corrected chi connectivity index (χ0v) is 13.6. The molecule has 0 aliphatic carbocycles. The molecule has 1 atom stereocenters. The molecule has 0 aliphatic heterocycles. The van der Waals surface area contributed by atoms with E-state index in [1.165, 1.54) is 6.08 Å². The standard InChI is InChI=1S/C19H21NO3/c1-14(15-8-5-4-6-9-15)20-19(21)13-12-16-17(22-2)10-7-11-18(16)23-3/h4-14H,1-3H3,(H,20,21)/b13-12+/t14-/m1/s1. The van der Waals surface area contributed by atoms with E-state index in [1.54, 1.807) is 20.3 Å². The lowest BCUT2D eigenvalue weighted by atomic mass is 10.1. The number of nitrogens with one attached hydrogen (secondary N) is 1. The van der Waals surface area contributed by atoms with Crippen LogP contribution in [0.4, 0.5) is 0 Å². The minimum absolute atomic E-state index is 0.0621. The number of hydrogen-bond donors (Lipinski definition) is 1. The zero-order chi connectivity index (χ0) is 16.7. The highest BCUT2D eigenvalue weighted by Crippen LogP contribution is 2.29. The first kappa shape index (κ1) is 16.6. The van der Waals surface area contributed by atoms with E-state index in [4.69, 9.17) is 9.47 Å². The molecule has 0 aliphatic rings. The summed E-state index contributed by atoms with van der Waals surface area (Å²) in [4.78, 5) is 12.1. The molecule has 2 aromatic carbocycles. The van der Waals surface area contributed by atoms with Gasteiger partial charge in [0.05, 0.1) is 25.8 Å². The van der Waals surface area contributed by atoms with Gasteiger partial charge in [-0.05, 0) is 30.7 Å². The van der Waals surface area contributed by atoms with Crippen molar-refractivity contribution >= 4 is 12.0 Å². The number of methoxy groups -OCH3 is 2. The first-order valence-electron chi connectivity index (χ1n) is 7.40. The Morgan fingerprint density at radius 2 is 1.61 bits per heavy atom. The van der Waals surface area contributed by atoms with Gasteiger partial charge in [0.1, 0.15) is 11.5 Å². The van der Waals surface area contributed by atoms with E-state index in [1.807, 2.05) is 55.5 Å². The molecule has 4 heteroatoms. The van der Waals surface area contributed by atoms with Crippen LogP contribution in [-0.2, 0) is 4.79 Å². The molecule has 0 bridgehead atoms. The smallest absolute Gasteiger partial charge is 0.244 e. The van der Waals surface area contributed by atoms with Gasteiger partial charge in [-0.1, -0.05) is 36.4 Å². The Balaban J connectivity index is 2.10. The lowest BCUT2D eigenvalue weighted by Crippen LogP contribution is -2.24. The molecule has 0 unspecified atom stereocenters. The molecule has 0 saturated carbocycles. The van der Waals surface area contributed by atoms with E-state index in [2.05, 4.69) is 5.32 Å². The van der Waals surface area contributed by atoms with Crippen molar-refractivity contribution < 1.29 is 14.3 Å². The largest absolute Gasteiger partial charge is 0.496 e. The van der Waals surface area contributed by atoms with Gasteiger partial charge in [-0.15, -0.1) is 0 Å². The molecule has 0 spiro atoms. The Kier molecular flexibility index (Phi) is 5.80. The molecule has 2 rings (SSSR count). The lowest BCUT2D eigenvalue weighted by molar-refractivity contribution is -0.117. The van der Waals surface area contributed by atoms with E-state index < -0.39 is 0 Å². The molecular formula is C19H21NO3. The Bertz CT molecular complexity index is 658. The fraction of sp³-hybridized carbons (Fsp3) is 0.211. The van der Waals surface area contributed by atoms with Crippen LogP contribution in [0, 0.1) is 0 Å². The van der Waals surface area contributed by atoms with Crippen molar-refractivity contribution in [3.8, 4) is 11.5 Å². The fourth-order valence-corrected chi connectivity index (χ4v) is 2.29. The van der Waals surface area contributed by atoms with Gasteiger partial charge in [-0.25, -0.2) is 0 Å². The molecular weight excluding hydrogens is 290 g/mol. The number of hydrogen-bond acceptors (Lipinski definition) is 3. The molecule has 0 aromatic heterocycles. The summed E-state index contributed by atoms with van der Waals surface area (Å²) < 4.78 is 10.6. The maximum absolute atomic E-state index is 12.1. The normalized spacial score (nSPS) is 12.0. The van der Waals surface area contributed by atoms with Gasteiger partial charge in [0.2, 0.25) is 5.91 Å². The van der Waals surface area contributed by atoms with E-state index >= 15 is 0 Å². The van der Waals surface area contributed by atoms with Crippen LogP contribution in [0.5, 0.6) is 11.5 Å². The molecule has 4 nitrogen and oxygen atoms in total. The third-order valence-electron chi connectivity index (χ3n) is 3.53. The highest BCUT2D eigenvalue weighted by Gasteiger charge is 2.09. The van der Waals surface area contributed by atoms with Gasteiger partial charge in [0.25, 0.3) is 0 Å². The summed E-state index contributed by atoms with van der Waals surface area (Å²) in [5.41, 5.74) is 1.80. The van der Waals surface area contributed by atoms with Crippen molar-refractivity contribution in [2.45, 2.75) is 13.0 Å². The number of carbonyl (C=O) groups excluding carboxylic acids is 1. The van der Waals surface area contributed by atoms with E-state index in [9.17, 15) is 4.79 Å². The minimum atomic E-state index is -0.172. The van der Waals surface area contributed by atoms with Crippen LogP contribution in [-0.4, -0.2) is 20.1 Å². The van der Waals surface area contributed by atoms with Crippen LogP contribution in [0.25, 0.3) is 6.08 Å². The quantitative estimate of drug-likeness (QED) is 0.829. The number of ether oxygens (including phenoxy) is 2. The summed E-state index contributed by atoms with van der Waals surface area (Å²) in [6.07, 6.45) is 3.19. The maximum atomic E-state index is 12.1. The number of benzene rings is 2. The molecule has 120 valence electrons. The van der Waals surface area contributed by atoms with Crippen LogP contribution in [0.1, 0.15) is 24.1 Å². The van der Waals surface area contributed by atoms with Crippen molar-refractivity contribution in [3.63, 3.8) is 0 Å². The maximum Gasteiger partial charge on any atom is 0.244 e. The molecule has 23 heavy (non-hydrogen) atoms. The second-order valence-corrected chi connectivity index (χ2v) is 5.05. The number of carbonyl (C=O) groups is 1. The average Bonchev–Trinajstić information content (AvgIpc) is 2.60. The van der Waals surface area contributed by atoms with Gasteiger partial charge in [-0.2, -0.15) is 0 Å². The summed E-state index contributed by atoms with van der Waals surface area (Å²) in [6, 6.07) is 15.3. The topological polar surface area (TPSA) is 47.6 Å². The second-order valence-electron chi connectivity index (χ2n) is 5.05. The minimum Gasteiger partial charge on any atom is -0.496 e. The van der Waals surface area contributed by atoms with E-state index in [0.717, 1.165) is 11.1 Å². The van der Waals surface area contributed by atoms with Gasteiger partial charge < -0.3 is 14.8 Å². The highest BCUT2D eigenvalue weighted by atomic mass is 16.5. The SMILES string of the molecule is COc1cccc(OC)c1/C=C/C(=O)N[C@H](C)c1ccccc1. The Labute approximate surface area is 136 Å². The first-order valence-corrected chi connectivity index (χ1v) is 7.40.